The van der Waals surface area contributed by atoms with Crippen molar-refractivity contribution in [2.24, 2.45) is 10.9 Å². The highest BCUT2D eigenvalue weighted by molar-refractivity contribution is 7.09. The second kappa shape index (κ2) is 10.1. The van der Waals surface area contributed by atoms with Crippen LogP contribution in [0.3, 0.4) is 0 Å². The monoisotopic (exact) mass is 367 g/mol. The third kappa shape index (κ3) is 6.24. The Balaban J connectivity index is 1.83. The number of aromatic nitrogens is 1. The van der Waals surface area contributed by atoms with Crippen LogP contribution in [0.15, 0.2) is 10.4 Å². The summed E-state index contributed by atoms with van der Waals surface area (Å²) in [5.41, 5.74) is 1.16. The molecule has 6 nitrogen and oxygen atoms in total. The molecular formula is C18H33N5OS. The van der Waals surface area contributed by atoms with Crippen LogP contribution in [0.25, 0.3) is 0 Å². The molecule has 0 amide bonds. The summed E-state index contributed by atoms with van der Waals surface area (Å²) in [5, 5.41) is 10.1. The quantitative estimate of drug-likeness (QED) is 0.572. The smallest absolute Gasteiger partial charge is 0.191 e. The molecule has 1 unspecified atom stereocenters. The van der Waals surface area contributed by atoms with Gasteiger partial charge in [0.25, 0.3) is 0 Å². The normalized spacial score (nSPS) is 18.0. The van der Waals surface area contributed by atoms with Gasteiger partial charge in [0.05, 0.1) is 25.5 Å². The molecule has 0 radical (unpaired) electrons. The Hall–Kier alpha value is -1.18. The first kappa shape index (κ1) is 20.1. The topological polar surface area (TPSA) is 61.8 Å². The van der Waals surface area contributed by atoms with Gasteiger partial charge in [-0.15, -0.1) is 11.3 Å². The van der Waals surface area contributed by atoms with Gasteiger partial charge in [0, 0.05) is 38.1 Å². The maximum Gasteiger partial charge on any atom is 0.191 e. The number of nitrogens with zero attached hydrogens (tertiary/aromatic N) is 3. The van der Waals surface area contributed by atoms with Gasteiger partial charge >= 0.3 is 0 Å². The average molecular weight is 368 g/mol. The summed E-state index contributed by atoms with van der Waals surface area (Å²) in [4.78, 5) is 11.5. The predicted molar refractivity (Wildman–Crippen MR) is 105 cm³/mol. The fourth-order valence-electron chi connectivity index (χ4n) is 2.95. The molecule has 1 aromatic heterocycles. The van der Waals surface area contributed by atoms with E-state index >= 15 is 0 Å². The van der Waals surface area contributed by atoms with E-state index in [1.54, 1.807) is 11.3 Å². The van der Waals surface area contributed by atoms with E-state index in [0.29, 0.717) is 24.4 Å². The minimum Gasteiger partial charge on any atom is -0.379 e. The molecule has 1 aromatic rings. The number of nitrogens with one attached hydrogen (secondary N) is 2. The van der Waals surface area contributed by atoms with Gasteiger partial charge in [-0.05, 0) is 11.8 Å². The number of ether oxygens (including phenoxy) is 1. The molecule has 25 heavy (non-hydrogen) atoms. The molecule has 1 aliphatic heterocycles. The Morgan fingerprint density at radius 3 is 2.56 bits per heavy atom. The highest BCUT2D eigenvalue weighted by Gasteiger charge is 2.23. The van der Waals surface area contributed by atoms with Gasteiger partial charge in [0.1, 0.15) is 5.01 Å². The fourth-order valence-corrected chi connectivity index (χ4v) is 3.84. The van der Waals surface area contributed by atoms with Crippen LogP contribution in [-0.2, 0) is 11.3 Å². The Morgan fingerprint density at radius 1 is 1.28 bits per heavy atom. The lowest BCUT2D eigenvalue weighted by Crippen LogP contribution is -2.52. The minimum atomic E-state index is 0.475. The van der Waals surface area contributed by atoms with Crippen molar-refractivity contribution in [1.82, 2.24) is 20.5 Å². The first-order valence-electron chi connectivity index (χ1n) is 9.21. The van der Waals surface area contributed by atoms with E-state index < -0.39 is 0 Å². The first-order valence-corrected chi connectivity index (χ1v) is 10.1. The minimum absolute atomic E-state index is 0.475. The molecule has 0 aliphatic carbocycles. The van der Waals surface area contributed by atoms with E-state index in [0.717, 1.165) is 49.5 Å². The van der Waals surface area contributed by atoms with Crippen LogP contribution in [0.5, 0.6) is 0 Å². The first-order chi connectivity index (χ1) is 12.0. The maximum absolute atomic E-state index is 5.48. The molecule has 0 spiro atoms. The van der Waals surface area contributed by atoms with Crippen LogP contribution >= 0.6 is 11.3 Å². The molecule has 1 fully saturated rings. The van der Waals surface area contributed by atoms with Crippen molar-refractivity contribution in [2.75, 3.05) is 39.9 Å². The average Bonchev–Trinajstić information content (AvgIpc) is 3.08. The second-order valence-corrected chi connectivity index (χ2v) is 8.03. The summed E-state index contributed by atoms with van der Waals surface area (Å²) in [6.45, 7) is 14.2. The van der Waals surface area contributed by atoms with Gasteiger partial charge in [-0.3, -0.25) is 9.89 Å². The zero-order chi connectivity index (χ0) is 18.2. The van der Waals surface area contributed by atoms with Gasteiger partial charge in [-0.25, -0.2) is 4.98 Å². The van der Waals surface area contributed by atoms with Crippen LogP contribution in [0.2, 0.25) is 0 Å². The van der Waals surface area contributed by atoms with Crippen LogP contribution in [0.4, 0.5) is 0 Å². The number of morpholine rings is 1. The standard InChI is InChI=1S/C18H33N5OS/c1-13(2)15-12-25-17(22-15)11-21-18(19-5)20-10-16(14(3)4)23-6-8-24-9-7-23/h12-14,16H,6-11H2,1-5H3,(H2,19,20,21). The number of aliphatic imine (C=N–C) groups is 1. The lowest BCUT2D eigenvalue weighted by Gasteiger charge is -2.37. The van der Waals surface area contributed by atoms with Gasteiger partial charge in [0.2, 0.25) is 0 Å². The van der Waals surface area contributed by atoms with Crippen molar-refractivity contribution in [1.29, 1.82) is 0 Å². The van der Waals surface area contributed by atoms with Crippen LogP contribution in [0, 0.1) is 5.92 Å². The molecule has 142 valence electrons. The summed E-state index contributed by atoms with van der Waals surface area (Å²) in [6, 6.07) is 0.481. The van der Waals surface area contributed by atoms with E-state index in [-0.39, 0.29) is 0 Å². The van der Waals surface area contributed by atoms with Gasteiger partial charge in [0.15, 0.2) is 5.96 Å². The van der Waals surface area contributed by atoms with Crippen molar-refractivity contribution in [3.05, 3.63) is 16.1 Å². The molecular weight excluding hydrogens is 334 g/mol. The second-order valence-electron chi connectivity index (χ2n) is 7.09. The number of hydrogen-bond acceptors (Lipinski definition) is 5. The molecule has 2 N–H and O–H groups in total. The van der Waals surface area contributed by atoms with Crippen LogP contribution in [0.1, 0.15) is 44.3 Å². The molecule has 2 heterocycles. The van der Waals surface area contributed by atoms with Gasteiger partial charge < -0.3 is 15.4 Å². The highest BCUT2D eigenvalue weighted by atomic mass is 32.1. The summed E-state index contributed by atoms with van der Waals surface area (Å²) in [5.74, 6) is 1.89. The lowest BCUT2D eigenvalue weighted by atomic mass is 10.0. The summed E-state index contributed by atoms with van der Waals surface area (Å²) in [7, 11) is 1.82. The molecule has 0 aromatic carbocycles. The van der Waals surface area contributed by atoms with E-state index in [2.05, 4.69) is 58.6 Å². The number of rotatable bonds is 7. The maximum atomic E-state index is 5.48. The summed E-state index contributed by atoms with van der Waals surface area (Å²) >= 11 is 1.70. The van der Waals surface area contributed by atoms with Gasteiger partial charge in [-0.2, -0.15) is 0 Å². The van der Waals surface area contributed by atoms with E-state index in [4.69, 9.17) is 4.74 Å². The molecule has 2 rings (SSSR count). The third-order valence-corrected chi connectivity index (χ3v) is 5.42. The summed E-state index contributed by atoms with van der Waals surface area (Å²) in [6.07, 6.45) is 0. The van der Waals surface area contributed by atoms with E-state index in [1.165, 1.54) is 0 Å². The zero-order valence-corrected chi connectivity index (χ0v) is 17.0. The number of guanidine groups is 1. The Kier molecular flexibility index (Phi) is 8.12. The van der Waals surface area contributed by atoms with Crippen molar-refractivity contribution >= 4 is 17.3 Å². The molecule has 7 heteroatoms. The number of hydrogen-bond donors (Lipinski definition) is 2. The zero-order valence-electron chi connectivity index (χ0n) is 16.2. The van der Waals surface area contributed by atoms with Gasteiger partial charge in [-0.1, -0.05) is 27.7 Å². The van der Waals surface area contributed by atoms with Crippen LogP contribution < -0.4 is 10.6 Å². The highest BCUT2D eigenvalue weighted by Crippen LogP contribution is 2.17. The molecule has 1 atom stereocenters. The molecule has 0 saturated carbocycles. The van der Waals surface area contributed by atoms with Crippen LogP contribution in [-0.4, -0.2) is 61.8 Å². The van der Waals surface area contributed by atoms with Crippen molar-refractivity contribution < 1.29 is 4.74 Å². The Bertz CT molecular complexity index is 537. The molecule has 1 aliphatic rings. The summed E-state index contributed by atoms with van der Waals surface area (Å²) < 4.78 is 5.48. The fraction of sp³-hybridized carbons (Fsp3) is 0.778. The number of thiazole rings is 1. The SMILES string of the molecule is CN=C(NCc1nc(C(C)C)cs1)NCC(C(C)C)N1CCOCC1. The Morgan fingerprint density at radius 2 is 2.00 bits per heavy atom. The Labute approximate surface area is 156 Å². The van der Waals surface area contributed by atoms with E-state index in [1.807, 2.05) is 7.05 Å². The van der Waals surface area contributed by atoms with Crippen molar-refractivity contribution in [2.45, 2.75) is 46.2 Å². The van der Waals surface area contributed by atoms with E-state index in [9.17, 15) is 0 Å². The van der Waals surface area contributed by atoms with Crippen molar-refractivity contribution in [3.63, 3.8) is 0 Å². The largest absolute Gasteiger partial charge is 0.379 e. The molecule has 0 bridgehead atoms. The third-order valence-electron chi connectivity index (χ3n) is 4.55. The lowest BCUT2D eigenvalue weighted by molar-refractivity contribution is 0.00752. The molecule has 1 saturated heterocycles. The van der Waals surface area contributed by atoms with Crippen molar-refractivity contribution in [3.8, 4) is 0 Å². The predicted octanol–water partition coefficient (Wildman–Crippen LogP) is 2.29.